The minimum atomic E-state index is -1.08. The first-order valence-corrected chi connectivity index (χ1v) is 7.53. The second kappa shape index (κ2) is 8.79. The van der Waals surface area contributed by atoms with E-state index in [0.717, 1.165) is 5.56 Å². The van der Waals surface area contributed by atoms with Gasteiger partial charge in [0.15, 0.2) is 18.9 Å². The molecule has 2 aromatic rings. The lowest BCUT2D eigenvalue weighted by molar-refractivity contribution is -0.695. The van der Waals surface area contributed by atoms with E-state index in [0.29, 0.717) is 16.7 Å². The molecule has 0 unspecified atom stereocenters. The Morgan fingerprint density at radius 1 is 1.22 bits per heavy atom. The number of carbonyl (C=O) groups excluding carboxylic acids is 1. The zero-order valence-corrected chi connectivity index (χ0v) is 15.6. The van der Waals surface area contributed by atoms with Crippen molar-refractivity contribution in [2.45, 2.75) is 19.9 Å². The number of pyridine rings is 1. The number of aromatic nitrogens is 1. The minimum Gasteiger partial charge on any atom is -1.00 e. The van der Waals surface area contributed by atoms with Gasteiger partial charge in [-0.05, 0) is 30.7 Å². The summed E-state index contributed by atoms with van der Waals surface area (Å²) in [5.41, 5.74) is 1.52. The fraction of sp³-hybridized carbons (Fsp3) is 0.188. The zero-order chi connectivity index (χ0) is 16.1. The molecule has 0 saturated heterocycles. The Bertz CT molecular complexity index is 703. The maximum atomic E-state index is 12.0. The third-order valence-corrected chi connectivity index (χ3v) is 3.63. The molecule has 0 atom stereocenters. The summed E-state index contributed by atoms with van der Waals surface area (Å²) in [7, 11) is 0. The maximum absolute atomic E-state index is 12.0. The van der Waals surface area contributed by atoms with Crippen LogP contribution in [0, 0.1) is 6.92 Å². The van der Waals surface area contributed by atoms with Crippen molar-refractivity contribution >= 4 is 33.5 Å². The highest BCUT2D eigenvalue weighted by Gasteiger charge is 2.14. The van der Waals surface area contributed by atoms with Crippen LogP contribution in [0.15, 0.2) is 47.2 Å². The van der Waals surface area contributed by atoms with Crippen LogP contribution in [0.2, 0.25) is 0 Å². The van der Waals surface area contributed by atoms with Crippen molar-refractivity contribution in [3.05, 3.63) is 58.3 Å². The largest absolute Gasteiger partial charge is 1.00 e. The van der Waals surface area contributed by atoms with Gasteiger partial charge < -0.3 is 27.4 Å². The summed E-state index contributed by atoms with van der Waals surface area (Å²) in [5, 5.41) is 11.8. The van der Waals surface area contributed by atoms with Gasteiger partial charge in [-0.2, -0.15) is 0 Å². The molecule has 1 heterocycles. The number of aryl methyl sites for hydroxylation is 2. The van der Waals surface area contributed by atoms with Crippen LogP contribution < -0.4 is 26.9 Å². The van der Waals surface area contributed by atoms with Crippen molar-refractivity contribution in [3.63, 3.8) is 0 Å². The van der Waals surface area contributed by atoms with Crippen molar-refractivity contribution in [2.75, 3.05) is 5.32 Å². The van der Waals surface area contributed by atoms with Gasteiger partial charge in [-0.15, -0.1) is 0 Å². The normalized spacial score (nSPS) is 9.83. The van der Waals surface area contributed by atoms with Gasteiger partial charge in [-0.1, -0.05) is 15.9 Å². The van der Waals surface area contributed by atoms with Crippen LogP contribution in [0.1, 0.15) is 22.3 Å². The number of carbonyl (C=O) groups is 2. The van der Waals surface area contributed by atoms with E-state index in [1.165, 1.54) is 6.07 Å². The van der Waals surface area contributed by atoms with Crippen LogP contribution in [-0.4, -0.2) is 17.0 Å². The average Bonchev–Trinajstić information content (AvgIpc) is 2.48. The summed E-state index contributed by atoms with van der Waals surface area (Å²) in [6.07, 6.45) is 4.08. The van der Waals surface area contributed by atoms with Crippen LogP contribution >= 0.6 is 15.9 Å². The topological polar surface area (TPSA) is 70.3 Å². The van der Waals surface area contributed by atoms with Crippen LogP contribution in [0.4, 0.5) is 5.69 Å². The van der Waals surface area contributed by atoms with Gasteiger partial charge in [0.1, 0.15) is 0 Å². The summed E-state index contributed by atoms with van der Waals surface area (Å²) in [6.45, 7) is 2.53. The summed E-state index contributed by atoms with van der Waals surface area (Å²) < 4.78 is 2.56. The molecule has 1 aromatic carbocycles. The Balaban J connectivity index is 0.00000264. The van der Waals surface area contributed by atoms with E-state index in [2.05, 4.69) is 21.2 Å². The lowest BCUT2D eigenvalue weighted by Crippen LogP contribution is -3.00. The molecule has 0 aliphatic carbocycles. The second-order valence-corrected chi connectivity index (χ2v) is 5.82. The molecule has 0 bridgehead atoms. The molecule has 2 rings (SSSR count). The molecule has 5 nitrogen and oxygen atoms in total. The molecule has 122 valence electrons. The second-order valence-electron chi connectivity index (χ2n) is 4.91. The quantitative estimate of drug-likeness (QED) is 0.627. The number of carboxylic acid groups (broad SMARTS) is 1. The standard InChI is InChI=1S/C16H15BrN2O3.BrH/c1-11-4-7-19(8-5-11)9-6-15(20)18-14-3-2-12(17)10-13(14)16(21)22;/h2-5,7-8,10H,6,9H2,1H3,(H-,18,20,21,22);1H. The number of nitrogens with zero attached hydrogens (tertiary/aromatic N) is 1. The van der Waals surface area contributed by atoms with Crippen molar-refractivity contribution in [1.82, 2.24) is 0 Å². The number of halogens is 2. The van der Waals surface area contributed by atoms with Crippen LogP contribution in [0.5, 0.6) is 0 Å². The van der Waals surface area contributed by atoms with E-state index >= 15 is 0 Å². The molecule has 7 heteroatoms. The number of benzene rings is 1. The first-order valence-electron chi connectivity index (χ1n) is 6.74. The third kappa shape index (κ3) is 5.76. The van der Waals surface area contributed by atoms with Crippen molar-refractivity contribution in [2.24, 2.45) is 0 Å². The van der Waals surface area contributed by atoms with Gasteiger partial charge in [0.05, 0.1) is 17.7 Å². The number of anilines is 1. The van der Waals surface area contributed by atoms with Gasteiger partial charge in [-0.3, -0.25) is 4.79 Å². The third-order valence-electron chi connectivity index (χ3n) is 3.14. The van der Waals surface area contributed by atoms with Gasteiger partial charge in [0.2, 0.25) is 5.91 Å². The van der Waals surface area contributed by atoms with E-state index < -0.39 is 5.97 Å². The monoisotopic (exact) mass is 442 g/mol. The molecule has 0 fully saturated rings. The Labute approximate surface area is 153 Å². The number of amides is 1. The first-order chi connectivity index (χ1) is 10.5. The highest BCUT2D eigenvalue weighted by atomic mass is 79.9. The summed E-state index contributed by atoms with van der Waals surface area (Å²) >= 11 is 3.22. The molecule has 2 N–H and O–H groups in total. The molecule has 0 radical (unpaired) electrons. The predicted molar refractivity (Wildman–Crippen MR) is 85.7 cm³/mol. The zero-order valence-electron chi connectivity index (χ0n) is 12.4. The molecule has 1 aromatic heterocycles. The average molecular weight is 444 g/mol. The van der Waals surface area contributed by atoms with Gasteiger partial charge in [-0.25, -0.2) is 9.36 Å². The minimum absolute atomic E-state index is 0. The number of hydrogen-bond donors (Lipinski definition) is 2. The number of aromatic carboxylic acids is 1. The molecule has 0 aliphatic rings. The molecule has 0 spiro atoms. The number of hydrogen-bond acceptors (Lipinski definition) is 2. The summed E-state index contributed by atoms with van der Waals surface area (Å²) in [6, 6.07) is 8.66. The fourth-order valence-corrected chi connectivity index (χ4v) is 2.29. The molecular weight excluding hydrogens is 428 g/mol. The van der Waals surface area contributed by atoms with Gasteiger partial charge in [0, 0.05) is 16.6 Å². The molecule has 1 amide bonds. The SMILES string of the molecule is Cc1cc[n+](CCC(=O)Nc2ccc(Br)cc2C(=O)O)cc1.[Br-]. The Morgan fingerprint density at radius 2 is 1.87 bits per heavy atom. The maximum Gasteiger partial charge on any atom is 0.337 e. The van der Waals surface area contributed by atoms with Crippen LogP contribution in [0.3, 0.4) is 0 Å². The molecule has 0 aliphatic heterocycles. The predicted octanol–water partition coefficient (Wildman–Crippen LogP) is -0.224. The Kier molecular flexibility index (Phi) is 7.38. The lowest BCUT2D eigenvalue weighted by atomic mass is 10.1. The van der Waals surface area contributed by atoms with Crippen molar-refractivity contribution in [3.8, 4) is 0 Å². The van der Waals surface area contributed by atoms with E-state index in [4.69, 9.17) is 5.11 Å². The van der Waals surface area contributed by atoms with E-state index in [1.807, 2.05) is 36.0 Å². The molecule has 0 saturated carbocycles. The highest BCUT2D eigenvalue weighted by molar-refractivity contribution is 9.10. The van der Waals surface area contributed by atoms with E-state index in [9.17, 15) is 9.59 Å². The van der Waals surface area contributed by atoms with Crippen LogP contribution in [-0.2, 0) is 11.3 Å². The number of nitrogens with one attached hydrogen (secondary N) is 1. The summed E-state index contributed by atoms with van der Waals surface area (Å²) in [5.74, 6) is -1.30. The fourth-order valence-electron chi connectivity index (χ4n) is 1.93. The Hall–Kier alpha value is -1.73. The molecule has 23 heavy (non-hydrogen) atoms. The van der Waals surface area contributed by atoms with E-state index in [-0.39, 0.29) is 34.9 Å². The van der Waals surface area contributed by atoms with Crippen molar-refractivity contribution < 1.29 is 36.2 Å². The summed E-state index contributed by atoms with van der Waals surface area (Å²) in [4.78, 5) is 23.2. The van der Waals surface area contributed by atoms with Gasteiger partial charge >= 0.3 is 5.97 Å². The van der Waals surface area contributed by atoms with Crippen molar-refractivity contribution in [1.29, 1.82) is 0 Å². The smallest absolute Gasteiger partial charge is 0.337 e. The lowest BCUT2D eigenvalue weighted by Gasteiger charge is -2.08. The van der Waals surface area contributed by atoms with Crippen LogP contribution in [0.25, 0.3) is 0 Å². The first kappa shape index (κ1) is 19.3. The Morgan fingerprint density at radius 3 is 2.48 bits per heavy atom. The number of rotatable bonds is 5. The highest BCUT2D eigenvalue weighted by Crippen LogP contribution is 2.21. The molecular formula is C16H16Br2N2O3. The van der Waals surface area contributed by atoms with Gasteiger partial charge in [0.25, 0.3) is 0 Å². The van der Waals surface area contributed by atoms with E-state index in [1.54, 1.807) is 12.1 Å². The number of carboxylic acids is 1.